The van der Waals surface area contributed by atoms with E-state index >= 15 is 0 Å². The Balaban J connectivity index is 0.000000211. The number of aliphatic hydroxyl groups is 1. The van der Waals surface area contributed by atoms with Crippen molar-refractivity contribution in [3.63, 3.8) is 0 Å². The average molecular weight is 1910 g/mol. The van der Waals surface area contributed by atoms with Gasteiger partial charge in [-0.25, -0.2) is 45.9 Å². The molecular formula is C77H70Br2F12N10O20P2. The Kier molecular flexibility index (Phi) is 32.8. The number of nitrogens with zero attached hydrogens (tertiary/aromatic N) is 8. The Morgan fingerprint density at radius 1 is 0.407 bits per heavy atom. The fraction of sp³-hybridized carbons (Fsp3) is 0.260. The Hall–Kier alpha value is -11.3. The molecule has 2 saturated heterocycles. The Bertz CT molecular complexity index is 5450. The van der Waals surface area contributed by atoms with Crippen LogP contribution in [0.4, 0.5) is 69.7 Å². The number of carbonyl (C=O) groups is 3. The first-order chi connectivity index (χ1) is 58.3. The van der Waals surface area contributed by atoms with Crippen LogP contribution in [0.2, 0.25) is 0 Å². The van der Waals surface area contributed by atoms with Gasteiger partial charge in [-0.2, -0.15) is 26.3 Å². The van der Waals surface area contributed by atoms with Gasteiger partial charge >= 0.3 is 32.4 Å². The number of amides is 3. The van der Waals surface area contributed by atoms with Gasteiger partial charge in [0.15, 0.2) is 52.2 Å². The molecule has 0 atom stereocenters. The molecule has 0 radical (unpaired) electrons. The van der Waals surface area contributed by atoms with E-state index in [0.29, 0.717) is 53.5 Å². The molecule has 46 heteroatoms. The van der Waals surface area contributed by atoms with Crippen LogP contribution in [0.3, 0.4) is 0 Å². The molecule has 0 unspecified atom stereocenters. The van der Waals surface area contributed by atoms with Gasteiger partial charge in [0.2, 0.25) is 52.2 Å². The molecule has 9 aromatic rings. The summed E-state index contributed by atoms with van der Waals surface area (Å²) in [5.41, 5.74) is -3.37. The van der Waals surface area contributed by atoms with E-state index in [4.69, 9.17) is 42.6 Å². The van der Waals surface area contributed by atoms with Crippen LogP contribution < -0.4 is 38.6 Å². The monoisotopic (exact) mass is 1900 g/mol. The Morgan fingerprint density at radius 3 is 0.902 bits per heavy atom. The molecule has 0 aromatic heterocycles. The van der Waals surface area contributed by atoms with E-state index in [1.807, 2.05) is 0 Å². The summed E-state index contributed by atoms with van der Waals surface area (Å²) < 4.78 is 246. The van der Waals surface area contributed by atoms with E-state index < -0.39 is 191 Å². The summed E-state index contributed by atoms with van der Waals surface area (Å²) >= 11 is 6.26. The number of rotatable bonds is 36. The summed E-state index contributed by atoms with van der Waals surface area (Å²) in [6.07, 6.45) is 0. The summed E-state index contributed by atoms with van der Waals surface area (Å²) in [6, 6.07) is 27.5. The van der Waals surface area contributed by atoms with Gasteiger partial charge < -0.3 is 57.3 Å². The van der Waals surface area contributed by atoms with Crippen molar-refractivity contribution in [1.29, 1.82) is 0 Å². The summed E-state index contributed by atoms with van der Waals surface area (Å²) in [5.74, 6) is -27.0. The number of hydrogen-bond acceptors (Lipinski definition) is 20. The second kappa shape index (κ2) is 42.2. The minimum absolute atomic E-state index is 0.0960. The molecule has 9 aromatic carbocycles. The van der Waals surface area contributed by atoms with Gasteiger partial charge in [0, 0.05) is 127 Å². The number of nitro benzene ring substituents is 3. The van der Waals surface area contributed by atoms with E-state index in [-0.39, 0.29) is 82.0 Å². The molecule has 2 fully saturated rings. The molecule has 123 heavy (non-hydrogen) atoms. The van der Waals surface area contributed by atoms with E-state index in [1.165, 1.54) is 121 Å². The topological polar surface area (TPSA) is 349 Å². The summed E-state index contributed by atoms with van der Waals surface area (Å²) in [7, 11) is 2.08. The van der Waals surface area contributed by atoms with E-state index in [1.54, 1.807) is 42.3 Å². The van der Waals surface area contributed by atoms with Crippen molar-refractivity contribution in [2.75, 3.05) is 92.2 Å². The van der Waals surface area contributed by atoms with Crippen LogP contribution in [0.1, 0.15) is 64.5 Å². The molecule has 0 saturated carbocycles. The van der Waals surface area contributed by atoms with Crippen LogP contribution in [0.5, 0.6) is 51.7 Å². The number of alkyl halides is 2. The third-order valence-electron chi connectivity index (χ3n) is 17.3. The number of nitrogens with one attached hydrogen (secondary N) is 2. The predicted octanol–water partition coefficient (Wildman–Crippen LogP) is 17.0. The first-order valence-corrected chi connectivity index (χ1v) is 41.1. The van der Waals surface area contributed by atoms with Gasteiger partial charge in [0.25, 0.3) is 17.7 Å². The highest BCUT2D eigenvalue weighted by Gasteiger charge is 2.50. The molecule has 3 amide bonds. The molecule has 11 rings (SSSR count). The van der Waals surface area contributed by atoms with Crippen LogP contribution >= 0.6 is 47.2 Å². The number of halogens is 14. The zero-order valence-corrected chi connectivity index (χ0v) is 70.0. The molecular weight excluding hydrogens is 1830 g/mol. The summed E-state index contributed by atoms with van der Waals surface area (Å²) in [6.45, 7) is -3.11. The maximum atomic E-state index is 14.9. The molecule has 656 valence electrons. The number of ether oxygens (including phenoxy) is 6. The van der Waals surface area contributed by atoms with Crippen LogP contribution in [0.25, 0.3) is 0 Å². The maximum Gasteiger partial charge on any atom is 0.346 e. The zero-order chi connectivity index (χ0) is 90.2. The molecule has 0 bridgehead atoms. The molecule has 3 N–H and O–H groups in total. The van der Waals surface area contributed by atoms with Crippen LogP contribution in [0, 0.1) is 100 Å². The van der Waals surface area contributed by atoms with Gasteiger partial charge in [-0.05, 0) is 126 Å². The van der Waals surface area contributed by atoms with Gasteiger partial charge in [-0.15, -0.1) is 0 Å². The average Bonchev–Trinajstić information content (AvgIpc) is 1.60. The number of carbonyl (C=O) groups excluding carboxylic acids is 3. The lowest BCUT2D eigenvalue weighted by atomic mass is 10.1. The predicted molar refractivity (Wildman–Crippen MR) is 422 cm³/mol. The number of nitro groups is 3. The van der Waals surface area contributed by atoms with Gasteiger partial charge in [0.05, 0.1) is 51.3 Å². The van der Waals surface area contributed by atoms with Crippen LogP contribution in [-0.4, -0.2) is 154 Å². The number of benzene rings is 9. The largest absolute Gasteiger partial charge is 0.483 e. The lowest BCUT2D eigenvalue weighted by Crippen LogP contribution is -2.27. The Labute approximate surface area is 707 Å². The normalized spacial score (nSPS) is 12.4. The summed E-state index contributed by atoms with van der Waals surface area (Å²) in [5, 5.41) is 49.2. The highest BCUT2D eigenvalue weighted by atomic mass is 79.9. The summed E-state index contributed by atoms with van der Waals surface area (Å²) in [4.78, 5) is 72.6. The maximum absolute atomic E-state index is 14.9. The van der Waals surface area contributed by atoms with Crippen molar-refractivity contribution in [2.24, 2.45) is 0 Å². The molecule has 2 aliphatic rings. The zero-order valence-electron chi connectivity index (χ0n) is 65.0. The molecule has 2 aliphatic heterocycles. The minimum Gasteiger partial charge on any atom is -0.483 e. The molecule has 30 nitrogen and oxygen atoms in total. The van der Waals surface area contributed by atoms with Crippen molar-refractivity contribution in [1.82, 2.24) is 34.2 Å². The fourth-order valence-corrected chi connectivity index (χ4v) is 15.4. The van der Waals surface area contributed by atoms with E-state index in [0.717, 1.165) is 30.3 Å². The number of hydrogen-bond donors (Lipinski definition) is 3. The SMILES string of the molecule is CN(C)C(=O)c1ccc(Oc2cc(COc3c(F)c(F)c(CO)c(F)c3F)ccc2[N+](=O)[O-])cc1.CN(C)C(=O)c1ccc(Oc2cc(COc3c(F)c(F)c(COP(=O)(N4CC4)N4CC4)c(F)c3F)ccc2[N+](=O)[O-])cc1.CN(C)C(=O)c1ccc(Oc2cc(COc3c(F)c(F)c(COP(=O)(NCCBr)NCCBr)c(F)c3F)ccc2[N+](=O)[O-])cc1. The van der Waals surface area contributed by atoms with Crippen molar-refractivity contribution >= 4 is 82.0 Å². The highest BCUT2D eigenvalue weighted by Crippen LogP contribution is 2.61. The lowest BCUT2D eigenvalue weighted by molar-refractivity contribution is -0.385. The first kappa shape index (κ1) is 95.5. The second-order valence-corrected chi connectivity index (χ2v) is 32.5. The quantitative estimate of drug-likeness (QED) is 0.00624. The highest BCUT2D eigenvalue weighted by molar-refractivity contribution is 9.09. The fourth-order valence-electron chi connectivity index (χ4n) is 10.8. The smallest absolute Gasteiger partial charge is 0.346 e. The van der Waals surface area contributed by atoms with Crippen molar-refractivity contribution < 1.29 is 134 Å². The van der Waals surface area contributed by atoms with Crippen LogP contribution in [-0.2, 0) is 57.8 Å². The molecule has 2 heterocycles. The van der Waals surface area contributed by atoms with Crippen LogP contribution in [0.15, 0.2) is 127 Å². The van der Waals surface area contributed by atoms with Gasteiger partial charge in [-0.1, -0.05) is 31.9 Å². The third-order valence-corrected chi connectivity index (χ3v) is 22.5. The van der Waals surface area contributed by atoms with Gasteiger partial charge in [0.1, 0.15) is 37.1 Å². The van der Waals surface area contributed by atoms with E-state index in [2.05, 4.69) is 42.0 Å². The van der Waals surface area contributed by atoms with Crippen molar-refractivity contribution in [3.05, 3.63) is 278 Å². The van der Waals surface area contributed by atoms with Crippen molar-refractivity contribution in [3.8, 4) is 51.7 Å². The first-order valence-electron chi connectivity index (χ1n) is 35.7. The lowest BCUT2D eigenvalue weighted by Gasteiger charge is -2.20. The number of aliphatic hydroxyl groups excluding tert-OH is 1. The Morgan fingerprint density at radius 2 is 0.667 bits per heavy atom. The third kappa shape index (κ3) is 23.7. The second-order valence-electron chi connectivity index (χ2n) is 26.6. The van der Waals surface area contributed by atoms with Gasteiger partial charge in [-0.3, -0.25) is 53.9 Å². The van der Waals surface area contributed by atoms with E-state index in [9.17, 15) is 107 Å². The molecule has 0 aliphatic carbocycles. The molecule has 0 spiro atoms. The minimum atomic E-state index is -3.85. The standard InChI is InChI=1S/C27H27Br2F4N4O7P.C27H25F4N4O7P.C23H18F4N2O6/c1-36(2)27(38)17-4-6-18(7-5-17)44-21-13-16(3-8-20(21)37(39)40)14-42-26-24(32)22(30)19(23(31)25(26)33)15-43-45(41,34-11-9-28)35-12-10-29;1-32(2)27(36)17-4-6-18(7-5-17)42-21-13-16(3-8-20(21)35(37)38)14-40-26-24(30)22(28)19(23(29)25(26)31)15-41-43(39,33-9-10-33)34-11-12-34;1-28(2)23(31)13-4-6-14(7-5-13)35-17-9-12(3-8-16(17)29(32)33)11-34-22-20(26)18(24)15(10-30)19(25)21(22)27/h3-8,13H,9-12,14-15H2,1-2H3,(H2,34,35,41);3-8,13H,9-12,14-15H2,1-2H3;3-9,30H,10-11H2,1-2H3. The van der Waals surface area contributed by atoms with Crippen molar-refractivity contribution in [2.45, 2.75) is 39.6 Å².